The molecule has 6 heteroatoms. The van der Waals surface area contributed by atoms with Crippen molar-refractivity contribution in [2.24, 2.45) is 5.73 Å². The average molecular weight is 205 g/mol. The van der Waals surface area contributed by atoms with Gasteiger partial charge in [0, 0.05) is 11.3 Å². The van der Waals surface area contributed by atoms with E-state index in [9.17, 15) is 9.59 Å². The molecule has 0 amide bonds. The van der Waals surface area contributed by atoms with Crippen molar-refractivity contribution in [3.05, 3.63) is 12.2 Å². The number of thiol groups is 1. The predicted molar refractivity (Wildman–Crippen MR) is 48.8 cm³/mol. The molecule has 0 aliphatic carbocycles. The molecule has 0 aliphatic rings. The van der Waals surface area contributed by atoms with Gasteiger partial charge in [-0.2, -0.15) is 12.6 Å². The van der Waals surface area contributed by atoms with Gasteiger partial charge in [-0.05, 0) is 6.92 Å². The smallest absolute Gasteiger partial charge is 0.318 e. The summed E-state index contributed by atoms with van der Waals surface area (Å²) in [7, 11) is 0. The van der Waals surface area contributed by atoms with E-state index in [4.69, 9.17) is 5.73 Å². The quantitative estimate of drug-likeness (QED) is 0.289. The third-order valence-electron chi connectivity index (χ3n) is 1.05. The van der Waals surface area contributed by atoms with Gasteiger partial charge in [-0.1, -0.05) is 6.58 Å². The number of nitrogens with two attached hydrogens (primary N) is 1. The number of carbonyl (C=O) groups is 2. The Morgan fingerprint density at radius 1 is 1.54 bits per heavy atom. The van der Waals surface area contributed by atoms with Crippen LogP contribution in [-0.2, 0) is 19.4 Å². The maximum Gasteiger partial charge on any atom is 0.381 e. The van der Waals surface area contributed by atoms with Crippen molar-refractivity contribution < 1.29 is 19.4 Å². The van der Waals surface area contributed by atoms with E-state index in [-0.39, 0.29) is 11.3 Å². The maximum atomic E-state index is 10.8. The van der Waals surface area contributed by atoms with Gasteiger partial charge in [-0.15, -0.1) is 0 Å². The minimum atomic E-state index is -0.902. The lowest BCUT2D eigenvalue weighted by molar-refractivity contribution is -0.256. The van der Waals surface area contributed by atoms with E-state index >= 15 is 0 Å². The van der Waals surface area contributed by atoms with Gasteiger partial charge in [0.25, 0.3) is 0 Å². The van der Waals surface area contributed by atoms with Crippen LogP contribution in [0, 0.1) is 0 Å². The van der Waals surface area contributed by atoms with Gasteiger partial charge >= 0.3 is 11.9 Å². The van der Waals surface area contributed by atoms with Gasteiger partial charge in [-0.3, -0.25) is 0 Å². The highest BCUT2D eigenvalue weighted by molar-refractivity contribution is 7.80. The van der Waals surface area contributed by atoms with Gasteiger partial charge in [0.05, 0.1) is 0 Å². The Morgan fingerprint density at radius 3 is 2.46 bits per heavy atom. The minimum Gasteiger partial charge on any atom is -0.318 e. The van der Waals surface area contributed by atoms with Crippen LogP contribution in [0.1, 0.15) is 6.92 Å². The molecule has 1 unspecified atom stereocenters. The molecular formula is C7H11NO4S. The van der Waals surface area contributed by atoms with E-state index in [1.165, 1.54) is 6.92 Å². The normalized spacial score (nSPS) is 11.6. The Kier molecular flexibility index (Phi) is 5.17. The summed E-state index contributed by atoms with van der Waals surface area (Å²) in [5.41, 5.74) is 5.35. The van der Waals surface area contributed by atoms with Crippen molar-refractivity contribution in [2.75, 3.05) is 5.75 Å². The number of hydrogen-bond acceptors (Lipinski definition) is 6. The molecule has 1 atom stereocenters. The Balaban J connectivity index is 3.83. The van der Waals surface area contributed by atoms with Crippen molar-refractivity contribution in [1.29, 1.82) is 0 Å². The van der Waals surface area contributed by atoms with Crippen molar-refractivity contribution >= 4 is 24.6 Å². The van der Waals surface area contributed by atoms with E-state index < -0.39 is 18.0 Å². The van der Waals surface area contributed by atoms with Crippen molar-refractivity contribution in [1.82, 2.24) is 0 Å². The van der Waals surface area contributed by atoms with Crippen molar-refractivity contribution in [2.45, 2.75) is 13.0 Å². The summed E-state index contributed by atoms with van der Waals surface area (Å²) in [6, 6.07) is -0.902. The second kappa shape index (κ2) is 5.60. The monoisotopic (exact) mass is 205 g/mol. The van der Waals surface area contributed by atoms with Crippen molar-refractivity contribution in [3.63, 3.8) is 0 Å². The van der Waals surface area contributed by atoms with Crippen LogP contribution in [0.4, 0.5) is 0 Å². The Bertz CT molecular complexity index is 229. The van der Waals surface area contributed by atoms with E-state index in [1.54, 1.807) is 0 Å². The molecule has 0 saturated carbocycles. The standard InChI is InChI=1S/C7H11NO4S/c1-4(2)6(9)11-12-7(10)5(8)3-13/h5,13H,1,3,8H2,2H3. The van der Waals surface area contributed by atoms with Gasteiger partial charge in [0.1, 0.15) is 6.04 Å². The molecule has 2 N–H and O–H groups in total. The highest BCUT2D eigenvalue weighted by atomic mass is 32.1. The number of rotatable bonds is 3. The molecule has 0 fully saturated rings. The topological polar surface area (TPSA) is 78.6 Å². The summed E-state index contributed by atoms with van der Waals surface area (Å²) in [6.45, 7) is 4.71. The third kappa shape index (κ3) is 4.54. The predicted octanol–water partition coefficient (Wildman–Crippen LogP) is -0.179. The number of carbonyl (C=O) groups excluding carboxylic acids is 2. The Morgan fingerprint density at radius 2 is 2.08 bits per heavy atom. The third-order valence-corrected chi connectivity index (χ3v) is 1.44. The molecule has 0 bridgehead atoms. The van der Waals surface area contributed by atoms with Gasteiger partial charge in [0.2, 0.25) is 0 Å². The first-order chi connectivity index (χ1) is 5.99. The van der Waals surface area contributed by atoms with Crippen LogP contribution in [0.5, 0.6) is 0 Å². The summed E-state index contributed by atoms with van der Waals surface area (Å²) in [5, 5.41) is 0. The maximum absolute atomic E-state index is 10.8. The minimum absolute atomic E-state index is 0.115. The van der Waals surface area contributed by atoms with Gasteiger partial charge in [-0.25, -0.2) is 19.4 Å². The lowest BCUT2D eigenvalue weighted by Gasteiger charge is -2.06. The average Bonchev–Trinajstić information content (AvgIpc) is 2.11. The van der Waals surface area contributed by atoms with Crippen molar-refractivity contribution in [3.8, 4) is 0 Å². The fourth-order valence-corrected chi connectivity index (χ4v) is 0.435. The summed E-state index contributed by atoms with van der Waals surface area (Å²) in [6.07, 6.45) is 0. The fraction of sp³-hybridized carbons (Fsp3) is 0.429. The summed E-state index contributed by atoms with van der Waals surface area (Å²) in [4.78, 5) is 29.7. The molecule has 0 rings (SSSR count). The summed E-state index contributed by atoms with van der Waals surface area (Å²) in [5.74, 6) is -1.53. The Labute approximate surface area is 81.2 Å². The summed E-state index contributed by atoms with van der Waals surface area (Å²) < 4.78 is 0. The zero-order valence-corrected chi connectivity index (χ0v) is 8.04. The molecule has 0 aromatic heterocycles. The number of hydrogen-bond donors (Lipinski definition) is 2. The highest BCUT2D eigenvalue weighted by Crippen LogP contribution is 1.95. The lowest BCUT2D eigenvalue weighted by Crippen LogP contribution is -2.34. The molecule has 5 nitrogen and oxygen atoms in total. The first kappa shape index (κ1) is 12.0. The molecule has 0 saturated heterocycles. The molecule has 0 aromatic carbocycles. The molecule has 74 valence electrons. The van der Waals surface area contributed by atoms with Crippen LogP contribution in [-0.4, -0.2) is 23.7 Å². The SMILES string of the molecule is C=C(C)C(=O)OOC(=O)C(N)CS. The molecular weight excluding hydrogens is 194 g/mol. The van der Waals surface area contributed by atoms with E-state index in [0.717, 1.165) is 0 Å². The largest absolute Gasteiger partial charge is 0.381 e. The van der Waals surface area contributed by atoms with Crippen LogP contribution < -0.4 is 5.73 Å². The zero-order valence-electron chi connectivity index (χ0n) is 7.15. The van der Waals surface area contributed by atoms with E-state index in [1.807, 2.05) is 0 Å². The molecule has 0 aliphatic heterocycles. The molecule has 0 heterocycles. The zero-order chi connectivity index (χ0) is 10.4. The second-order valence-electron chi connectivity index (χ2n) is 2.34. The van der Waals surface area contributed by atoms with Crippen LogP contribution in [0.3, 0.4) is 0 Å². The fourth-order valence-electron chi connectivity index (χ4n) is 0.286. The van der Waals surface area contributed by atoms with Gasteiger partial charge < -0.3 is 5.73 Å². The molecule has 0 spiro atoms. The Hall–Kier alpha value is -1.01. The molecule has 13 heavy (non-hydrogen) atoms. The second-order valence-corrected chi connectivity index (χ2v) is 2.71. The van der Waals surface area contributed by atoms with Crippen LogP contribution in [0.2, 0.25) is 0 Å². The summed E-state index contributed by atoms with van der Waals surface area (Å²) >= 11 is 3.76. The first-order valence-electron chi connectivity index (χ1n) is 3.43. The highest BCUT2D eigenvalue weighted by Gasteiger charge is 2.16. The lowest BCUT2D eigenvalue weighted by atomic mass is 10.4. The first-order valence-corrected chi connectivity index (χ1v) is 4.07. The van der Waals surface area contributed by atoms with Crippen LogP contribution in [0.25, 0.3) is 0 Å². The molecule has 0 radical (unpaired) electrons. The molecule has 0 aromatic rings. The van der Waals surface area contributed by atoms with Crippen LogP contribution >= 0.6 is 12.6 Å². The van der Waals surface area contributed by atoms with E-state index in [2.05, 4.69) is 29.0 Å². The van der Waals surface area contributed by atoms with E-state index in [0.29, 0.717) is 0 Å². The van der Waals surface area contributed by atoms with Gasteiger partial charge in [0.15, 0.2) is 0 Å². The van der Waals surface area contributed by atoms with Crippen LogP contribution in [0.15, 0.2) is 12.2 Å².